The maximum Gasteiger partial charge on any atom is 0.344 e. The van der Waals surface area contributed by atoms with Crippen LogP contribution in [0.4, 0.5) is 11.4 Å². The van der Waals surface area contributed by atoms with E-state index in [1.807, 2.05) is 30.3 Å². The molecule has 0 saturated heterocycles. The Bertz CT molecular complexity index is 1070. The van der Waals surface area contributed by atoms with Crippen molar-refractivity contribution in [2.24, 2.45) is 0 Å². The lowest BCUT2D eigenvalue weighted by Gasteiger charge is -2.10. The quantitative estimate of drug-likeness (QED) is 0.458. The molecular formula is C25H24N2O6. The smallest absolute Gasteiger partial charge is 0.344 e. The van der Waals surface area contributed by atoms with Gasteiger partial charge in [-0.25, -0.2) is 4.79 Å². The van der Waals surface area contributed by atoms with E-state index >= 15 is 0 Å². The van der Waals surface area contributed by atoms with Crippen LogP contribution in [0, 0.1) is 0 Å². The summed E-state index contributed by atoms with van der Waals surface area (Å²) in [4.78, 5) is 34.8. The number of ether oxygens (including phenoxy) is 3. The molecule has 0 saturated carbocycles. The molecule has 33 heavy (non-hydrogen) atoms. The average molecular weight is 448 g/mol. The molecule has 0 fully saturated rings. The van der Waals surface area contributed by atoms with E-state index < -0.39 is 18.5 Å². The van der Waals surface area contributed by atoms with Crippen LogP contribution in [0.2, 0.25) is 0 Å². The van der Waals surface area contributed by atoms with Gasteiger partial charge < -0.3 is 24.8 Å². The number of nitrogens with one attached hydrogen (secondary N) is 2. The molecule has 3 rings (SSSR count). The van der Waals surface area contributed by atoms with E-state index in [0.717, 1.165) is 5.56 Å². The van der Waals surface area contributed by atoms with Crippen LogP contribution in [-0.2, 0) is 25.7 Å². The summed E-state index contributed by atoms with van der Waals surface area (Å²) >= 11 is 0. The van der Waals surface area contributed by atoms with E-state index in [1.54, 1.807) is 48.5 Å². The molecule has 8 heteroatoms. The third kappa shape index (κ3) is 8.37. The highest BCUT2D eigenvalue weighted by molar-refractivity contribution is 5.93. The number of hydrogen-bond donors (Lipinski definition) is 2. The lowest BCUT2D eigenvalue weighted by atomic mass is 10.2. The first-order chi connectivity index (χ1) is 16.0. The van der Waals surface area contributed by atoms with Gasteiger partial charge in [0.2, 0.25) is 5.91 Å². The van der Waals surface area contributed by atoms with Crippen LogP contribution in [0.25, 0.3) is 0 Å². The zero-order valence-electron chi connectivity index (χ0n) is 18.1. The largest absolute Gasteiger partial charge is 0.489 e. The Balaban J connectivity index is 1.35. The topological polar surface area (TPSA) is 103 Å². The number of carbonyl (C=O) groups excluding carboxylic acids is 3. The maximum atomic E-state index is 11.9. The molecule has 0 bridgehead atoms. The first-order valence-electron chi connectivity index (χ1n) is 10.2. The van der Waals surface area contributed by atoms with Crippen molar-refractivity contribution < 1.29 is 28.6 Å². The number of anilines is 2. The second-order valence-electron chi connectivity index (χ2n) is 7.00. The zero-order valence-corrected chi connectivity index (χ0v) is 18.1. The Kier molecular flexibility index (Phi) is 8.41. The van der Waals surface area contributed by atoms with Gasteiger partial charge in [0.1, 0.15) is 18.1 Å². The van der Waals surface area contributed by atoms with Crippen LogP contribution in [0.3, 0.4) is 0 Å². The molecule has 170 valence electrons. The first-order valence-corrected chi connectivity index (χ1v) is 10.2. The Morgan fingerprint density at radius 3 is 1.88 bits per heavy atom. The van der Waals surface area contributed by atoms with E-state index in [1.165, 1.54) is 6.92 Å². The van der Waals surface area contributed by atoms with Crippen molar-refractivity contribution >= 4 is 29.2 Å². The molecule has 0 unspecified atom stereocenters. The standard InChI is InChI=1S/C25H24N2O6/c1-18(28)26-20-7-9-21(10-8-20)27-24(29)16-33-25(30)17-32-23-13-11-22(12-14-23)31-15-19-5-3-2-4-6-19/h2-14H,15-17H2,1H3,(H,26,28)(H,27,29). The third-order valence-electron chi connectivity index (χ3n) is 4.28. The molecule has 0 atom stereocenters. The van der Waals surface area contributed by atoms with Gasteiger partial charge in [-0.1, -0.05) is 30.3 Å². The van der Waals surface area contributed by atoms with Crippen molar-refractivity contribution in [1.29, 1.82) is 0 Å². The molecule has 0 spiro atoms. The SMILES string of the molecule is CC(=O)Nc1ccc(NC(=O)COC(=O)COc2ccc(OCc3ccccc3)cc2)cc1. The summed E-state index contributed by atoms with van der Waals surface area (Å²) in [6.45, 7) is 1.09. The van der Waals surface area contributed by atoms with E-state index in [2.05, 4.69) is 10.6 Å². The Hall–Kier alpha value is -4.33. The number of hydrogen-bond acceptors (Lipinski definition) is 6. The Morgan fingerprint density at radius 1 is 0.697 bits per heavy atom. The number of esters is 1. The fourth-order valence-corrected chi connectivity index (χ4v) is 2.74. The van der Waals surface area contributed by atoms with Gasteiger partial charge >= 0.3 is 5.97 Å². The lowest BCUT2D eigenvalue weighted by Crippen LogP contribution is -2.23. The fraction of sp³-hybridized carbons (Fsp3) is 0.160. The van der Waals surface area contributed by atoms with Crippen LogP contribution in [0.1, 0.15) is 12.5 Å². The van der Waals surface area contributed by atoms with E-state index in [0.29, 0.717) is 29.5 Å². The highest BCUT2D eigenvalue weighted by atomic mass is 16.6. The average Bonchev–Trinajstić information content (AvgIpc) is 2.82. The van der Waals surface area contributed by atoms with E-state index in [4.69, 9.17) is 14.2 Å². The predicted octanol–water partition coefficient (Wildman–Crippen LogP) is 3.78. The maximum absolute atomic E-state index is 11.9. The van der Waals surface area contributed by atoms with Crippen LogP contribution in [0.5, 0.6) is 11.5 Å². The molecule has 8 nitrogen and oxygen atoms in total. The van der Waals surface area contributed by atoms with Crippen molar-refractivity contribution in [1.82, 2.24) is 0 Å². The highest BCUT2D eigenvalue weighted by Gasteiger charge is 2.09. The third-order valence-corrected chi connectivity index (χ3v) is 4.28. The minimum atomic E-state index is -0.671. The van der Waals surface area contributed by atoms with Crippen molar-refractivity contribution in [3.63, 3.8) is 0 Å². The number of benzene rings is 3. The number of amides is 2. The van der Waals surface area contributed by atoms with Gasteiger partial charge in [0.25, 0.3) is 5.91 Å². The van der Waals surface area contributed by atoms with Gasteiger partial charge in [-0.2, -0.15) is 0 Å². The number of rotatable bonds is 10. The molecule has 2 N–H and O–H groups in total. The summed E-state index contributed by atoms with van der Waals surface area (Å²) in [7, 11) is 0. The summed E-state index contributed by atoms with van der Waals surface area (Å²) < 4.78 is 16.0. The molecule has 0 aliphatic rings. The van der Waals surface area contributed by atoms with Crippen LogP contribution >= 0.6 is 0 Å². The first kappa shape index (κ1) is 23.3. The van der Waals surface area contributed by atoms with Gasteiger partial charge in [0, 0.05) is 18.3 Å². The molecule has 0 aliphatic carbocycles. The summed E-state index contributed by atoms with van der Waals surface area (Å²) in [5.41, 5.74) is 2.18. The molecule has 0 heterocycles. The van der Waals surface area contributed by atoms with Crippen molar-refractivity contribution in [2.75, 3.05) is 23.8 Å². The molecule has 0 radical (unpaired) electrons. The van der Waals surface area contributed by atoms with Crippen LogP contribution < -0.4 is 20.1 Å². The highest BCUT2D eigenvalue weighted by Crippen LogP contribution is 2.19. The van der Waals surface area contributed by atoms with Gasteiger partial charge in [0.15, 0.2) is 13.2 Å². The molecule has 0 aromatic heterocycles. The monoisotopic (exact) mass is 448 g/mol. The summed E-state index contributed by atoms with van der Waals surface area (Å²) in [6.07, 6.45) is 0. The van der Waals surface area contributed by atoms with E-state index in [-0.39, 0.29) is 12.5 Å². The van der Waals surface area contributed by atoms with Crippen molar-refractivity contribution in [3.8, 4) is 11.5 Å². The Labute approximate surface area is 191 Å². The van der Waals surface area contributed by atoms with Gasteiger partial charge in [-0.3, -0.25) is 9.59 Å². The van der Waals surface area contributed by atoms with Gasteiger partial charge in [-0.05, 0) is 54.1 Å². The molecule has 3 aromatic rings. The summed E-state index contributed by atoms with van der Waals surface area (Å²) in [6, 6.07) is 23.2. The minimum absolute atomic E-state index is 0.187. The zero-order chi connectivity index (χ0) is 23.5. The second kappa shape index (κ2) is 11.9. The van der Waals surface area contributed by atoms with E-state index in [9.17, 15) is 14.4 Å². The molecule has 3 aromatic carbocycles. The van der Waals surface area contributed by atoms with Gasteiger partial charge in [-0.15, -0.1) is 0 Å². The molecular weight excluding hydrogens is 424 g/mol. The van der Waals surface area contributed by atoms with Crippen molar-refractivity contribution in [2.45, 2.75) is 13.5 Å². The fourth-order valence-electron chi connectivity index (χ4n) is 2.74. The molecule has 2 amide bonds. The van der Waals surface area contributed by atoms with Crippen LogP contribution in [-0.4, -0.2) is 31.0 Å². The number of carbonyl (C=O) groups is 3. The Morgan fingerprint density at radius 2 is 1.27 bits per heavy atom. The normalized spacial score (nSPS) is 10.1. The lowest BCUT2D eigenvalue weighted by molar-refractivity contribution is -0.149. The van der Waals surface area contributed by atoms with Crippen LogP contribution in [0.15, 0.2) is 78.9 Å². The molecule has 0 aliphatic heterocycles. The summed E-state index contributed by atoms with van der Waals surface area (Å²) in [5.74, 6) is -0.197. The van der Waals surface area contributed by atoms with Gasteiger partial charge in [0.05, 0.1) is 0 Å². The predicted molar refractivity (Wildman–Crippen MR) is 123 cm³/mol. The summed E-state index contributed by atoms with van der Waals surface area (Å²) in [5, 5.41) is 5.23. The second-order valence-corrected chi connectivity index (χ2v) is 7.00. The van der Waals surface area contributed by atoms with Crippen molar-refractivity contribution in [3.05, 3.63) is 84.4 Å². The minimum Gasteiger partial charge on any atom is -0.489 e.